The molecule has 1 aromatic rings. The van der Waals surface area contributed by atoms with Gasteiger partial charge < -0.3 is 10.1 Å². The van der Waals surface area contributed by atoms with Crippen molar-refractivity contribution in [3.63, 3.8) is 0 Å². The van der Waals surface area contributed by atoms with Crippen molar-refractivity contribution in [1.29, 1.82) is 0 Å². The number of esters is 1. The predicted octanol–water partition coefficient (Wildman–Crippen LogP) is 1.39. The third-order valence-corrected chi connectivity index (χ3v) is 3.99. The first kappa shape index (κ1) is 14.0. The third kappa shape index (κ3) is 3.15. The molecule has 1 fully saturated rings. The fourth-order valence-corrected chi connectivity index (χ4v) is 2.53. The van der Waals surface area contributed by atoms with Gasteiger partial charge in [0.2, 0.25) is 0 Å². The van der Waals surface area contributed by atoms with E-state index in [0.29, 0.717) is 16.2 Å². The first-order valence-electron chi connectivity index (χ1n) is 6.10. The number of nitrogens with one attached hydrogen (secondary N) is 1. The van der Waals surface area contributed by atoms with Crippen LogP contribution < -0.4 is 10.9 Å². The maximum absolute atomic E-state index is 12.0. The maximum atomic E-state index is 12.0. The van der Waals surface area contributed by atoms with Crippen LogP contribution in [-0.2, 0) is 16.1 Å². The van der Waals surface area contributed by atoms with Gasteiger partial charge in [-0.1, -0.05) is 6.92 Å². The summed E-state index contributed by atoms with van der Waals surface area (Å²) in [5, 5.41) is 7.24. The van der Waals surface area contributed by atoms with Crippen LogP contribution in [0.1, 0.15) is 19.8 Å². The second-order valence-corrected chi connectivity index (χ2v) is 5.62. The maximum Gasteiger partial charge on any atom is 0.327 e. The molecule has 104 valence electrons. The van der Waals surface area contributed by atoms with Crippen LogP contribution in [0.4, 0.5) is 5.69 Å². The number of anilines is 1. The van der Waals surface area contributed by atoms with Crippen LogP contribution in [0.25, 0.3) is 0 Å². The zero-order chi connectivity index (χ0) is 14.0. The van der Waals surface area contributed by atoms with Crippen molar-refractivity contribution in [2.24, 2.45) is 5.92 Å². The molecular formula is C12H16BrN3O3. The summed E-state index contributed by atoms with van der Waals surface area (Å²) in [6.45, 7) is 2.01. The van der Waals surface area contributed by atoms with E-state index in [2.05, 4.69) is 38.0 Å². The topological polar surface area (TPSA) is 73.2 Å². The number of carbonyl (C=O) groups is 1. The largest absolute Gasteiger partial charge is 0.468 e. The third-order valence-electron chi connectivity index (χ3n) is 3.22. The number of ether oxygens (including phenoxy) is 1. The van der Waals surface area contributed by atoms with E-state index < -0.39 is 5.97 Å². The van der Waals surface area contributed by atoms with Crippen molar-refractivity contribution in [3.8, 4) is 0 Å². The smallest absolute Gasteiger partial charge is 0.327 e. The lowest BCUT2D eigenvalue weighted by Crippen LogP contribution is -2.35. The number of hydrogen-bond acceptors (Lipinski definition) is 5. The first-order chi connectivity index (χ1) is 9.01. The molecule has 0 unspecified atom stereocenters. The van der Waals surface area contributed by atoms with Crippen molar-refractivity contribution in [2.75, 3.05) is 12.4 Å². The molecule has 1 aliphatic carbocycles. The highest BCUT2D eigenvalue weighted by atomic mass is 79.9. The molecule has 1 aromatic heterocycles. The lowest BCUT2D eigenvalue weighted by Gasteiger charge is -2.34. The van der Waals surface area contributed by atoms with Gasteiger partial charge in [0.05, 0.1) is 19.0 Å². The van der Waals surface area contributed by atoms with Gasteiger partial charge in [0.25, 0.3) is 5.56 Å². The van der Waals surface area contributed by atoms with E-state index in [9.17, 15) is 9.59 Å². The second-order valence-electron chi connectivity index (χ2n) is 4.83. The highest BCUT2D eigenvalue weighted by Crippen LogP contribution is 2.30. The van der Waals surface area contributed by atoms with E-state index in [0.717, 1.165) is 23.4 Å². The molecule has 0 spiro atoms. The molecule has 0 saturated heterocycles. The first-order valence-corrected chi connectivity index (χ1v) is 6.89. The van der Waals surface area contributed by atoms with E-state index in [-0.39, 0.29) is 12.1 Å². The summed E-state index contributed by atoms with van der Waals surface area (Å²) in [5.41, 5.74) is 0.325. The molecule has 0 atom stereocenters. The molecule has 1 saturated carbocycles. The Hall–Kier alpha value is -1.37. The van der Waals surface area contributed by atoms with Gasteiger partial charge in [-0.05, 0) is 34.7 Å². The van der Waals surface area contributed by atoms with Crippen molar-refractivity contribution < 1.29 is 9.53 Å². The van der Waals surface area contributed by atoms with Crippen molar-refractivity contribution in [2.45, 2.75) is 32.4 Å². The fraction of sp³-hybridized carbons (Fsp3) is 0.583. The van der Waals surface area contributed by atoms with Crippen molar-refractivity contribution in [1.82, 2.24) is 9.78 Å². The second kappa shape index (κ2) is 5.73. The summed E-state index contributed by atoms with van der Waals surface area (Å²) >= 11 is 3.25. The molecule has 1 heterocycles. The minimum Gasteiger partial charge on any atom is -0.468 e. The van der Waals surface area contributed by atoms with Crippen LogP contribution in [-0.4, -0.2) is 28.9 Å². The number of hydrogen-bond donors (Lipinski definition) is 1. The van der Waals surface area contributed by atoms with Gasteiger partial charge in [-0.25, -0.2) is 4.68 Å². The number of aromatic nitrogens is 2. The highest BCUT2D eigenvalue weighted by Gasteiger charge is 2.26. The lowest BCUT2D eigenvalue weighted by molar-refractivity contribution is -0.141. The Kier molecular flexibility index (Phi) is 4.24. The van der Waals surface area contributed by atoms with E-state index in [1.807, 2.05) is 0 Å². The Morgan fingerprint density at radius 3 is 2.89 bits per heavy atom. The summed E-state index contributed by atoms with van der Waals surface area (Å²) in [6, 6.07) is 0.393. The van der Waals surface area contributed by atoms with Crippen LogP contribution in [0.5, 0.6) is 0 Å². The van der Waals surface area contributed by atoms with Crippen LogP contribution in [0.3, 0.4) is 0 Å². The summed E-state index contributed by atoms with van der Waals surface area (Å²) in [4.78, 5) is 23.1. The number of halogens is 1. The number of rotatable bonds is 4. The van der Waals surface area contributed by atoms with Crippen LogP contribution in [0, 0.1) is 5.92 Å². The SMILES string of the molecule is COC(=O)Cn1ncc(NC2CC(C)C2)c(Br)c1=O. The standard InChI is InChI=1S/C12H16BrN3O3/c1-7-3-8(4-7)15-9-5-14-16(6-10(17)19-2)12(18)11(9)13/h5,7-8,15H,3-4,6H2,1-2H3. The zero-order valence-electron chi connectivity index (χ0n) is 10.9. The van der Waals surface area contributed by atoms with Crippen LogP contribution in [0.15, 0.2) is 15.5 Å². The fourth-order valence-electron chi connectivity index (χ4n) is 2.11. The zero-order valence-corrected chi connectivity index (χ0v) is 12.4. The van der Waals surface area contributed by atoms with Gasteiger partial charge in [0.1, 0.15) is 11.0 Å². The minimum atomic E-state index is -0.505. The molecule has 7 heteroatoms. The molecule has 0 aromatic carbocycles. The molecule has 1 aliphatic rings. The Morgan fingerprint density at radius 2 is 2.32 bits per heavy atom. The molecule has 0 bridgehead atoms. The van der Waals surface area contributed by atoms with E-state index in [4.69, 9.17) is 0 Å². The summed E-state index contributed by atoms with van der Waals surface area (Å²) in [6.07, 6.45) is 3.74. The van der Waals surface area contributed by atoms with Gasteiger partial charge in [-0.2, -0.15) is 5.10 Å². The Balaban J connectivity index is 2.13. The molecule has 0 amide bonds. The summed E-state index contributed by atoms with van der Waals surface area (Å²) < 4.78 is 5.98. The van der Waals surface area contributed by atoms with Gasteiger partial charge in [0.15, 0.2) is 0 Å². The molecular weight excluding hydrogens is 314 g/mol. The number of carbonyl (C=O) groups excluding carboxylic acids is 1. The molecule has 0 aliphatic heterocycles. The lowest BCUT2D eigenvalue weighted by atomic mass is 9.82. The normalized spacial score (nSPS) is 21.6. The Labute approximate surface area is 119 Å². The van der Waals surface area contributed by atoms with Crippen LogP contribution in [0.2, 0.25) is 0 Å². The quantitative estimate of drug-likeness (QED) is 0.845. The van der Waals surface area contributed by atoms with Gasteiger partial charge in [-0.15, -0.1) is 0 Å². The molecule has 2 rings (SSSR count). The minimum absolute atomic E-state index is 0.186. The van der Waals surface area contributed by atoms with Crippen molar-refractivity contribution >= 4 is 27.6 Å². The number of methoxy groups -OCH3 is 1. The Morgan fingerprint density at radius 1 is 1.63 bits per heavy atom. The Bertz CT molecular complexity index is 538. The van der Waals surface area contributed by atoms with E-state index >= 15 is 0 Å². The number of nitrogens with zero attached hydrogens (tertiary/aromatic N) is 2. The van der Waals surface area contributed by atoms with E-state index in [1.54, 1.807) is 6.20 Å². The highest BCUT2D eigenvalue weighted by molar-refractivity contribution is 9.10. The monoisotopic (exact) mass is 329 g/mol. The van der Waals surface area contributed by atoms with Crippen molar-refractivity contribution in [3.05, 3.63) is 21.0 Å². The van der Waals surface area contributed by atoms with Gasteiger partial charge in [-0.3, -0.25) is 9.59 Å². The molecule has 6 nitrogen and oxygen atoms in total. The summed E-state index contributed by atoms with van der Waals surface area (Å²) in [7, 11) is 1.27. The van der Waals surface area contributed by atoms with Gasteiger partial charge in [0, 0.05) is 6.04 Å². The van der Waals surface area contributed by atoms with Gasteiger partial charge >= 0.3 is 5.97 Å². The van der Waals surface area contributed by atoms with Crippen LogP contribution >= 0.6 is 15.9 Å². The predicted molar refractivity (Wildman–Crippen MR) is 74.0 cm³/mol. The average molecular weight is 330 g/mol. The summed E-state index contributed by atoms with van der Waals surface area (Å²) in [5.74, 6) is 0.221. The van der Waals surface area contributed by atoms with E-state index in [1.165, 1.54) is 7.11 Å². The molecule has 1 N–H and O–H groups in total. The molecule has 19 heavy (non-hydrogen) atoms. The average Bonchev–Trinajstić information content (AvgIpc) is 2.36. The molecule has 0 radical (unpaired) electrons.